The van der Waals surface area contributed by atoms with Gasteiger partial charge in [-0.25, -0.2) is 8.78 Å². The van der Waals surface area contributed by atoms with E-state index in [1.54, 1.807) is 12.1 Å². The van der Waals surface area contributed by atoms with E-state index >= 15 is 0 Å². The van der Waals surface area contributed by atoms with Gasteiger partial charge in [0, 0.05) is 18.9 Å². The molecule has 1 nitrogen and oxygen atoms in total. The van der Waals surface area contributed by atoms with Gasteiger partial charge in [0.15, 0.2) is 0 Å². The highest BCUT2D eigenvalue weighted by Gasteiger charge is 2.24. The average Bonchev–Trinajstić information content (AvgIpc) is 2.36. The van der Waals surface area contributed by atoms with Crippen molar-refractivity contribution < 1.29 is 8.78 Å². The molecule has 1 aliphatic rings. The molecule has 2 atom stereocenters. The molecule has 94 valence electrons. The molecule has 17 heavy (non-hydrogen) atoms. The van der Waals surface area contributed by atoms with Crippen LogP contribution in [0.2, 0.25) is 0 Å². The molecule has 0 spiro atoms. The normalized spacial score (nSPS) is 22.4. The summed E-state index contributed by atoms with van der Waals surface area (Å²) < 4.78 is 27.8. The Morgan fingerprint density at radius 1 is 1.47 bits per heavy atom. The molecule has 1 aromatic carbocycles. The average molecular weight is 304 g/mol. The Hall–Kier alpha value is -0.480. The predicted molar refractivity (Wildman–Crippen MR) is 68.3 cm³/mol. The van der Waals surface area contributed by atoms with Gasteiger partial charge in [0.05, 0.1) is 4.47 Å². The smallest absolute Gasteiger partial charge is 0.137 e. The highest BCUT2D eigenvalue weighted by molar-refractivity contribution is 9.10. The number of rotatable bonds is 3. The van der Waals surface area contributed by atoms with Crippen LogP contribution in [0, 0.1) is 11.7 Å². The van der Waals surface area contributed by atoms with Crippen molar-refractivity contribution in [1.29, 1.82) is 0 Å². The van der Waals surface area contributed by atoms with Crippen molar-refractivity contribution in [3.63, 3.8) is 0 Å². The molecule has 0 aliphatic carbocycles. The molecule has 4 heteroatoms. The Kier molecular flexibility index (Phi) is 4.51. The zero-order valence-corrected chi connectivity index (χ0v) is 11.1. The highest BCUT2D eigenvalue weighted by Crippen LogP contribution is 2.26. The number of hydrogen-bond donors (Lipinski definition) is 1. The molecule has 1 heterocycles. The van der Waals surface area contributed by atoms with E-state index in [4.69, 9.17) is 0 Å². The molecule has 2 rings (SSSR count). The lowest BCUT2D eigenvalue weighted by atomic mass is 9.91. The van der Waals surface area contributed by atoms with Crippen LogP contribution in [0.25, 0.3) is 0 Å². The standard InChI is InChI=1S/C13H16BrF2N/c14-13-9(3-1-5-11(13)15)7-12(16)10-4-2-6-17-8-10/h1,3,5,10,12,17H,2,4,6-8H2. The summed E-state index contributed by atoms with van der Waals surface area (Å²) in [7, 11) is 0. The predicted octanol–water partition coefficient (Wildman–Crippen LogP) is 3.47. The van der Waals surface area contributed by atoms with Crippen LogP contribution in [0.3, 0.4) is 0 Å². The fourth-order valence-electron chi connectivity index (χ4n) is 2.27. The summed E-state index contributed by atoms with van der Waals surface area (Å²) in [5.41, 5.74) is 0.711. The van der Waals surface area contributed by atoms with Gasteiger partial charge in [-0.05, 0) is 46.9 Å². The lowest BCUT2D eigenvalue weighted by Crippen LogP contribution is -2.35. The van der Waals surface area contributed by atoms with Crippen molar-refractivity contribution in [2.75, 3.05) is 13.1 Å². The maximum absolute atomic E-state index is 14.1. The third-order valence-electron chi connectivity index (χ3n) is 3.29. The summed E-state index contributed by atoms with van der Waals surface area (Å²) >= 11 is 3.18. The molecule has 1 N–H and O–H groups in total. The first-order chi connectivity index (χ1) is 8.18. The van der Waals surface area contributed by atoms with Crippen molar-refractivity contribution in [2.45, 2.75) is 25.4 Å². The summed E-state index contributed by atoms with van der Waals surface area (Å²) in [5, 5.41) is 3.20. The first kappa shape index (κ1) is 13.0. The van der Waals surface area contributed by atoms with Gasteiger partial charge in [-0.3, -0.25) is 0 Å². The minimum absolute atomic E-state index is 0.0546. The zero-order chi connectivity index (χ0) is 12.3. The van der Waals surface area contributed by atoms with Crippen molar-refractivity contribution in [3.8, 4) is 0 Å². The summed E-state index contributed by atoms with van der Waals surface area (Å²) in [6.07, 6.45) is 1.32. The van der Waals surface area contributed by atoms with Gasteiger partial charge in [0.1, 0.15) is 12.0 Å². The molecule has 0 radical (unpaired) electrons. The van der Waals surface area contributed by atoms with Gasteiger partial charge in [0.25, 0.3) is 0 Å². The SMILES string of the molecule is Fc1cccc(CC(F)C2CCCNC2)c1Br. The zero-order valence-electron chi connectivity index (χ0n) is 9.56. The third kappa shape index (κ3) is 3.26. The van der Waals surface area contributed by atoms with E-state index in [0.29, 0.717) is 10.0 Å². The Morgan fingerprint density at radius 3 is 3.00 bits per heavy atom. The van der Waals surface area contributed by atoms with Crippen LogP contribution >= 0.6 is 15.9 Å². The third-order valence-corrected chi connectivity index (χ3v) is 4.18. The lowest BCUT2D eigenvalue weighted by molar-refractivity contribution is 0.191. The van der Waals surface area contributed by atoms with Crippen LogP contribution in [0.5, 0.6) is 0 Å². The number of nitrogens with one attached hydrogen (secondary N) is 1. The largest absolute Gasteiger partial charge is 0.316 e. The fourth-order valence-corrected chi connectivity index (χ4v) is 2.70. The Bertz CT molecular complexity index is 378. The Labute approximate surface area is 109 Å². The number of alkyl halides is 1. The number of halogens is 3. The van der Waals surface area contributed by atoms with E-state index in [1.165, 1.54) is 6.07 Å². The van der Waals surface area contributed by atoms with Gasteiger partial charge < -0.3 is 5.32 Å². The molecule has 1 aliphatic heterocycles. The second-order valence-electron chi connectivity index (χ2n) is 4.54. The van der Waals surface area contributed by atoms with Gasteiger partial charge in [-0.1, -0.05) is 12.1 Å². The molecule has 2 unspecified atom stereocenters. The number of piperidine rings is 1. The minimum Gasteiger partial charge on any atom is -0.316 e. The summed E-state index contributed by atoms with van der Waals surface area (Å²) in [5.74, 6) is -0.268. The second-order valence-corrected chi connectivity index (χ2v) is 5.33. The van der Waals surface area contributed by atoms with Crippen LogP contribution in [0.1, 0.15) is 18.4 Å². The van der Waals surface area contributed by atoms with E-state index < -0.39 is 6.17 Å². The molecule has 1 fully saturated rings. The minimum atomic E-state index is -0.902. The van der Waals surface area contributed by atoms with E-state index in [9.17, 15) is 8.78 Å². The van der Waals surface area contributed by atoms with E-state index in [-0.39, 0.29) is 18.2 Å². The Balaban J connectivity index is 2.01. The molecule has 1 aromatic rings. The van der Waals surface area contributed by atoms with Crippen LogP contribution in [0.4, 0.5) is 8.78 Å². The van der Waals surface area contributed by atoms with Crippen LogP contribution < -0.4 is 5.32 Å². The molecule has 1 saturated heterocycles. The van der Waals surface area contributed by atoms with Gasteiger partial charge >= 0.3 is 0 Å². The monoisotopic (exact) mass is 303 g/mol. The van der Waals surface area contributed by atoms with E-state index in [2.05, 4.69) is 21.2 Å². The first-order valence-corrected chi connectivity index (χ1v) is 6.75. The highest BCUT2D eigenvalue weighted by atomic mass is 79.9. The van der Waals surface area contributed by atoms with Crippen LogP contribution in [-0.2, 0) is 6.42 Å². The lowest BCUT2D eigenvalue weighted by Gasteiger charge is -2.26. The van der Waals surface area contributed by atoms with Crippen molar-refractivity contribution in [1.82, 2.24) is 5.32 Å². The molecule has 0 saturated carbocycles. The quantitative estimate of drug-likeness (QED) is 0.901. The van der Waals surface area contributed by atoms with Crippen LogP contribution in [-0.4, -0.2) is 19.3 Å². The van der Waals surface area contributed by atoms with Gasteiger partial charge in [-0.15, -0.1) is 0 Å². The van der Waals surface area contributed by atoms with Gasteiger partial charge in [-0.2, -0.15) is 0 Å². The summed E-state index contributed by atoms with van der Waals surface area (Å²) in [4.78, 5) is 0. The fraction of sp³-hybridized carbons (Fsp3) is 0.538. The number of benzene rings is 1. The maximum atomic E-state index is 14.1. The number of hydrogen-bond acceptors (Lipinski definition) is 1. The maximum Gasteiger partial charge on any atom is 0.137 e. The molecular formula is C13H16BrF2N. The molecule has 0 amide bonds. The Morgan fingerprint density at radius 2 is 2.29 bits per heavy atom. The van der Waals surface area contributed by atoms with Crippen molar-refractivity contribution in [3.05, 3.63) is 34.1 Å². The van der Waals surface area contributed by atoms with E-state index in [1.807, 2.05) is 0 Å². The van der Waals surface area contributed by atoms with Crippen molar-refractivity contribution >= 4 is 15.9 Å². The van der Waals surface area contributed by atoms with Crippen molar-refractivity contribution in [2.24, 2.45) is 5.92 Å². The topological polar surface area (TPSA) is 12.0 Å². The molecule has 0 bridgehead atoms. The summed E-state index contributed by atoms with van der Waals surface area (Å²) in [6, 6.07) is 4.78. The van der Waals surface area contributed by atoms with Crippen LogP contribution in [0.15, 0.2) is 22.7 Å². The van der Waals surface area contributed by atoms with E-state index in [0.717, 1.165) is 25.9 Å². The molecule has 0 aromatic heterocycles. The molecular weight excluding hydrogens is 288 g/mol. The van der Waals surface area contributed by atoms with Gasteiger partial charge in [0.2, 0.25) is 0 Å². The first-order valence-electron chi connectivity index (χ1n) is 5.96. The second kappa shape index (κ2) is 5.91. The summed E-state index contributed by atoms with van der Waals surface area (Å²) in [6.45, 7) is 1.71.